The molecule has 0 radical (unpaired) electrons. The molecule has 1 rings (SSSR count). The molecule has 0 unspecified atom stereocenters. The Bertz CT molecular complexity index is 493. The Balaban J connectivity index is 2.52. The van der Waals surface area contributed by atoms with Crippen LogP contribution < -0.4 is 10.1 Å². The molecule has 21 heavy (non-hydrogen) atoms. The molecule has 0 saturated heterocycles. The molecule has 0 aliphatic carbocycles. The molecule has 0 spiro atoms. The molecule has 0 fully saturated rings. The predicted octanol–water partition coefficient (Wildman–Crippen LogP) is 1.99. The molecule has 0 atom stereocenters. The van der Waals surface area contributed by atoms with Gasteiger partial charge in [0.1, 0.15) is 12.4 Å². The minimum atomic E-state index is -0.469. The Hall–Kier alpha value is -2.08. The van der Waals surface area contributed by atoms with Crippen LogP contribution in [0.3, 0.4) is 0 Å². The SMILES string of the molecule is COC(=O)COc1cccc(NC(=O)COC(C)(C)C)c1. The Morgan fingerprint density at radius 1 is 1.19 bits per heavy atom. The lowest BCUT2D eigenvalue weighted by molar-refractivity contribution is -0.142. The Kier molecular flexibility index (Phi) is 6.17. The maximum Gasteiger partial charge on any atom is 0.343 e. The lowest BCUT2D eigenvalue weighted by Gasteiger charge is -2.19. The zero-order chi connectivity index (χ0) is 15.9. The van der Waals surface area contributed by atoms with E-state index in [4.69, 9.17) is 9.47 Å². The quantitative estimate of drug-likeness (QED) is 0.812. The number of ether oxygens (including phenoxy) is 3. The van der Waals surface area contributed by atoms with E-state index in [0.29, 0.717) is 11.4 Å². The van der Waals surface area contributed by atoms with Crippen molar-refractivity contribution in [1.29, 1.82) is 0 Å². The zero-order valence-electron chi connectivity index (χ0n) is 12.8. The third-order valence-corrected chi connectivity index (χ3v) is 2.34. The van der Waals surface area contributed by atoms with E-state index in [-0.39, 0.29) is 24.7 Å². The second kappa shape index (κ2) is 7.64. The summed E-state index contributed by atoms with van der Waals surface area (Å²) in [5, 5.41) is 2.70. The number of benzene rings is 1. The van der Waals surface area contributed by atoms with Crippen LogP contribution in [0.5, 0.6) is 5.75 Å². The van der Waals surface area contributed by atoms with E-state index in [2.05, 4.69) is 10.1 Å². The molecule has 0 aliphatic heterocycles. The van der Waals surface area contributed by atoms with Crippen LogP contribution in [0, 0.1) is 0 Å². The monoisotopic (exact) mass is 295 g/mol. The van der Waals surface area contributed by atoms with Gasteiger partial charge in [-0.15, -0.1) is 0 Å². The fourth-order valence-corrected chi connectivity index (χ4v) is 1.34. The molecule has 116 valence electrons. The highest BCUT2D eigenvalue weighted by atomic mass is 16.6. The van der Waals surface area contributed by atoms with Crippen molar-refractivity contribution in [2.75, 3.05) is 25.6 Å². The number of carbonyl (C=O) groups is 2. The van der Waals surface area contributed by atoms with Gasteiger partial charge in [0.2, 0.25) is 5.91 Å². The molecule has 6 heteroatoms. The van der Waals surface area contributed by atoms with E-state index in [0.717, 1.165) is 0 Å². The number of nitrogens with one attached hydrogen (secondary N) is 1. The number of carbonyl (C=O) groups excluding carboxylic acids is 2. The summed E-state index contributed by atoms with van der Waals surface area (Å²) < 4.78 is 15.1. The van der Waals surface area contributed by atoms with Gasteiger partial charge in [0.05, 0.1) is 12.7 Å². The average Bonchev–Trinajstić information content (AvgIpc) is 2.42. The van der Waals surface area contributed by atoms with Gasteiger partial charge in [-0.2, -0.15) is 0 Å². The van der Waals surface area contributed by atoms with Gasteiger partial charge in [-0.25, -0.2) is 4.79 Å². The van der Waals surface area contributed by atoms with E-state index in [1.807, 2.05) is 20.8 Å². The minimum absolute atomic E-state index is 0.0310. The van der Waals surface area contributed by atoms with Crippen LogP contribution in [0.1, 0.15) is 20.8 Å². The standard InChI is InChI=1S/C15H21NO5/c1-15(2,3)21-9-13(17)16-11-6-5-7-12(8-11)20-10-14(18)19-4/h5-8H,9-10H2,1-4H3,(H,16,17). The fraction of sp³-hybridized carbons (Fsp3) is 0.467. The summed E-state index contributed by atoms with van der Waals surface area (Å²) >= 11 is 0. The van der Waals surface area contributed by atoms with Gasteiger partial charge in [-0.1, -0.05) is 6.07 Å². The van der Waals surface area contributed by atoms with Crippen LogP contribution in [-0.4, -0.2) is 37.8 Å². The van der Waals surface area contributed by atoms with Crippen molar-refractivity contribution in [1.82, 2.24) is 0 Å². The van der Waals surface area contributed by atoms with Gasteiger partial charge in [0, 0.05) is 11.8 Å². The van der Waals surface area contributed by atoms with Crippen LogP contribution in [-0.2, 0) is 19.1 Å². The molecule has 0 bridgehead atoms. The number of hydrogen-bond donors (Lipinski definition) is 1. The lowest BCUT2D eigenvalue weighted by Crippen LogP contribution is -2.27. The first-order valence-electron chi connectivity index (χ1n) is 6.53. The molecule has 6 nitrogen and oxygen atoms in total. The van der Waals surface area contributed by atoms with Gasteiger partial charge in [0.25, 0.3) is 0 Å². The largest absolute Gasteiger partial charge is 0.482 e. The van der Waals surface area contributed by atoms with Gasteiger partial charge >= 0.3 is 5.97 Å². The van der Waals surface area contributed by atoms with E-state index < -0.39 is 5.97 Å². The lowest BCUT2D eigenvalue weighted by atomic mass is 10.2. The van der Waals surface area contributed by atoms with Crippen molar-refractivity contribution in [2.24, 2.45) is 0 Å². The first kappa shape index (κ1) is 17.0. The Morgan fingerprint density at radius 3 is 2.52 bits per heavy atom. The molecule has 0 aliphatic rings. The van der Waals surface area contributed by atoms with Crippen LogP contribution in [0.15, 0.2) is 24.3 Å². The van der Waals surface area contributed by atoms with Crippen molar-refractivity contribution < 1.29 is 23.8 Å². The Morgan fingerprint density at radius 2 is 1.90 bits per heavy atom. The van der Waals surface area contributed by atoms with Gasteiger partial charge in [-0.05, 0) is 32.9 Å². The van der Waals surface area contributed by atoms with E-state index in [1.165, 1.54) is 7.11 Å². The van der Waals surface area contributed by atoms with Crippen LogP contribution in [0.25, 0.3) is 0 Å². The maximum atomic E-state index is 11.7. The maximum absolute atomic E-state index is 11.7. The van der Waals surface area contributed by atoms with Crippen molar-refractivity contribution in [2.45, 2.75) is 26.4 Å². The van der Waals surface area contributed by atoms with Gasteiger partial charge in [0.15, 0.2) is 6.61 Å². The molecule has 0 saturated carbocycles. The smallest absolute Gasteiger partial charge is 0.343 e. The molecule has 1 N–H and O–H groups in total. The van der Waals surface area contributed by atoms with E-state index in [1.54, 1.807) is 24.3 Å². The number of amides is 1. The van der Waals surface area contributed by atoms with Crippen molar-refractivity contribution >= 4 is 17.6 Å². The van der Waals surface area contributed by atoms with Crippen LogP contribution in [0.2, 0.25) is 0 Å². The molecule has 0 aromatic heterocycles. The molecule has 1 aromatic carbocycles. The average molecular weight is 295 g/mol. The van der Waals surface area contributed by atoms with Crippen molar-refractivity contribution in [3.63, 3.8) is 0 Å². The topological polar surface area (TPSA) is 73.9 Å². The number of anilines is 1. The summed E-state index contributed by atoms with van der Waals surface area (Å²) in [4.78, 5) is 22.7. The second-order valence-corrected chi connectivity index (χ2v) is 5.34. The first-order chi connectivity index (χ1) is 9.80. The highest BCUT2D eigenvalue weighted by Crippen LogP contribution is 2.17. The van der Waals surface area contributed by atoms with Gasteiger partial charge in [-0.3, -0.25) is 4.79 Å². The molecule has 1 amide bonds. The summed E-state index contributed by atoms with van der Waals surface area (Å²) in [5.41, 5.74) is 0.197. The molecular formula is C15H21NO5. The van der Waals surface area contributed by atoms with Gasteiger partial charge < -0.3 is 19.5 Å². The number of hydrogen-bond acceptors (Lipinski definition) is 5. The third kappa shape index (κ3) is 7.31. The number of rotatable bonds is 6. The predicted molar refractivity (Wildman–Crippen MR) is 78.3 cm³/mol. The normalized spacial score (nSPS) is 10.9. The van der Waals surface area contributed by atoms with E-state index >= 15 is 0 Å². The second-order valence-electron chi connectivity index (χ2n) is 5.34. The summed E-state index contributed by atoms with van der Waals surface area (Å²) in [5.74, 6) is -0.256. The fourth-order valence-electron chi connectivity index (χ4n) is 1.34. The highest BCUT2D eigenvalue weighted by molar-refractivity contribution is 5.91. The third-order valence-electron chi connectivity index (χ3n) is 2.34. The number of esters is 1. The van der Waals surface area contributed by atoms with Crippen LogP contribution >= 0.6 is 0 Å². The molecule has 1 aromatic rings. The Labute approximate surface area is 124 Å². The summed E-state index contributed by atoms with van der Waals surface area (Å²) in [6.07, 6.45) is 0. The summed E-state index contributed by atoms with van der Waals surface area (Å²) in [6.45, 7) is 5.42. The summed E-state index contributed by atoms with van der Waals surface area (Å²) in [7, 11) is 1.29. The van der Waals surface area contributed by atoms with E-state index in [9.17, 15) is 9.59 Å². The molecule has 0 heterocycles. The number of methoxy groups -OCH3 is 1. The van der Waals surface area contributed by atoms with Crippen LogP contribution in [0.4, 0.5) is 5.69 Å². The van der Waals surface area contributed by atoms with Crippen molar-refractivity contribution in [3.8, 4) is 5.75 Å². The van der Waals surface area contributed by atoms with Crippen molar-refractivity contribution in [3.05, 3.63) is 24.3 Å². The zero-order valence-corrected chi connectivity index (χ0v) is 12.8. The highest BCUT2D eigenvalue weighted by Gasteiger charge is 2.13. The minimum Gasteiger partial charge on any atom is -0.482 e. The molecular weight excluding hydrogens is 274 g/mol. The summed E-state index contributed by atoms with van der Waals surface area (Å²) in [6, 6.07) is 6.75. The first-order valence-corrected chi connectivity index (χ1v) is 6.53.